The van der Waals surface area contributed by atoms with Gasteiger partial charge < -0.3 is 15.7 Å². The van der Waals surface area contributed by atoms with Gasteiger partial charge in [0.15, 0.2) is 5.82 Å². The molecule has 6 nitrogen and oxygen atoms in total. The van der Waals surface area contributed by atoms with Crippen LogP contribution < -0.4 is 5.73 Å². The second kappa shape index (κ2) is 6.09. The number of aliphatic hydroxyl groups is 1. The number of pyridine rings is 1. The van der Waals surface area contributed by atoms with E-state index in [4.69, 9.17) is 5.73 Å². The molecule has 130 valence electrons. The summed E-state index contributed by atoms with van der Waals surface area (Å²) in [6.45, 7) is 0.505. The number of nitrogens with zero attached hydrogens (tertiary/aromatic N) is 3. The van der Waals surface area contributed by atoms with E-state index in [0.717, 1.165) is 15.3 Å². The molecule has 1 aliphatic heterocycles. The van der Waals surface area contributed by atoms with Gasteiger partial charge in [-0.2, -0.15) is 0 Å². The van der Waals surface area contributed by atoms with Crippen molar-refractivity contribution in [2.45, 2.75) is 12.0 Å². The molecular weight excluding hydrogens is 348 g/mol. The van der Waals surface area contributed by atoms with Crippen LogP contribution in [0.3, 0.4) is 0 Å². The molecule has 1 saturated heterocycles. The summed E-state index contributed by atoms with van der Waals surface area (Å²) in [5.74, 6) is 5.72. The van der Waals surface area contributed by atoms with Crippen molar-refractivity contribution in [2.75, 3.05) is 19.3 Å². The van der Waals surface area contributed by atoms with Gasteiger partial charge in [-0.05, 0) is 18.2 Å². The summed E-state index contributed by atoms with van der Waals surface area (Å²) >= 11 is 1.53. The molecule has 3 heterocycles. The van der Waals surface area contributed by atoms with Crippen LogP contribution in [-0.4, -0.2) is 45.1 Å². The van der Waals surface area contributed by atoms with Crippen molar-refractivity contribution in [1.29, 1.82) is 0 Å². The fourth-order valence-corrected chi connectivity index (χ4v) is 3.84. The second-order valence-electron chi connectivity index (χ2n) is 6.23. The van der Waals surface area contributed by atoms with E-state index in [1.165, 1.54) is 16.2 Å². The van der Waals surface area contributed by atoms with E-state index in [9.17, 15) is 9.90 Å². The molecule has 0 aliphatic carbocycles. The highest BCUT2D eigenvalue weighted by Gasteiger charge is 2.42. The van der Waals surface area contributed by atoms with Crippen LogP contribution in [0.5, 0.6) is 0 Å². The first-order valence-corrected chi connectivity index (χ1v) is 8.90. The van der Waals surface area contributed by atoms with Crippen LogP contribution in [0.1, 0.15) is 12.0 Å². The Hall–Kier alpha value is -2.95. The van der Waals surface area contributed by atoms with Crippen molar-refractivity contribution < 1.29 is 9.90 Å². The highest BCUT2D eigenvalue weighted by molar-refractivity contribution is 7.21. The van der Waals surface area contributed by atoms with E-state index in [0.29, 0.717) is 29.9 Å². The largest absolute Gasteiger partial charge is 0.382 e. The van der Waals surface area contributed by atoms with Crippen LogP contribution in [0, 0.1) is 11.8 Å². The fraction of sp³-hybridized carbons (Fsp3) is 0.211. The number of fused-ring (bicyclic) bond motifs is 1. The van der Waals surface area contributed by atoms with Crippen LogP contribution in [0.15, 0.2) is 36.5 Å². The molecule has 1 aliphatic rings. The lowest BCUT2D eigenvalue weighted by molar-refractivity contribution is -0.137. The molecule has 1 fully saturated rings. The fourth-order valence-electron chi connectivity index (χ4n) is 2.87. The first-order chi connectivity index (χ1) is 12.5. The third kappa shape index (κ3) is 2.79. The van der Waals surface area contributed by atoms with Crippen LogP contribution in [0.2, 0.25) is 0 Å². The Morgan fingerprint density at radius 3 is 2.96 bits per heavy atom. The molecule has 4 rings (SSSR count). The van der Waals surface area contributed by atoms with Gasteiger partial charge in [0.25, 0.3) is 5.91 Å². The summed E-state index contributed by atoms with van der Waals surface area (Å²) in [6, 6.07) is 9.43. The van der Waals surface area contributed by atoms with Gasteiger partial charge in [0.1, 0.15) is 10.5 Å². The number of thiazole rings is 1. The number of carbonyl (C=O) groups is 1. The topological polar surface area (TPSA) is 92.3 Å². The van der Waals surface area contributed by atoms with Crippen molar-refractivity contribution in [3.63, 3.8) is 0 Å². The first kappa shape index (κ1) is 16.5. The summed E-state index contributed by atoms with van der Waals surface area (Å²) in [4.78, 5) is 22.1. The predicted molar refractivity (Wildman–Crippen MR) is 101 cm³/mol. The second-order valence-corrected chi connectivity index (χ2v) is 7.26. The van der Waals surface area contributed by atoms with Crippen molar-refractivity contribution in [2.24, 2.45) is 0 Å². The molecule has 7 heteroatoms. The zero-order chi connectivity index (χ0) is 18.3. The maximum Gasteiger partial charge on any atom is 0.267 e. The molecule has 0 spiro atoms. The summed E-state index contributed by atoms with van der Waals surface area (Å²) in [5.41, 5.74) is 6.59. The molecule has 2 aromatic heterocycles. The van der Waals surface area contributed by atoms with Crippen molar-refractivity contribution in [3.05, 3.63) is 42.1 Å². The number of carbonyl (C=O) groups excluding carboxylic acids is 1. The Morgan fingerprint density at radius 2 is 2.23 bits per heavy atom. The number of aromatic nitrogens is 2. The number of amides is 1. The molecule has 26 heavy (non-hydrogen) atoms. The standard InChI is InChI=1S/C19H16N4O2S/c1-23-10-8-19(25,18(23)24)7-5-12-3-2-4-13(11-12)17-22-15-14(26-17)6-9-21-16(15)20/h2-4,6,9,11,25H,8,10H2,1H3,(H2,20,21)/t19-/m0/s1. The lowest BCUT2D eigenvalue weighted by Gasteiger charge is -2.13. The van der Waals surface area contributed by atoms with Gasteiger partial charge in [-0.25, -0.2) is 9.97 Å². The number of hydrogen-bond donors (Lipinski definition) is 2. The molecule has 0 saturated carbocycles. The molecule has 1 aromatic carbocycles. The van der Waals surface area contributed by atoms with Crippen LogP contribution in [0.25, 0.3) is 20.8 Å². The predicted octanol–water partition coefficient (Wildman–Crippen LogP) is 1.89. The Morgan fingerprint density at radius 1 is 1.38 bits per heavy atom. The van der Waals surface area contributed by atoms with Crippen molar-refractivity contribution in [3.8, 4) is 22.4 Å². The molecule has 0 bridgehead atoms. The number of rotatable bonds is 1. The summed E-state index contributed by atoms with van der Waals surface area (Å²) in [6.07, 6.45) is 1.98. The molecular formula is C19H16N4O2S. The Kier molecular flexibility index (Phi) is 3.87. The van der Waals surface area contributed by atoms with Gasteiger partial charge in [-0.1, -0.05) is 24.0 Å². The van der Waals surface area contributed by atoms with E-state index in [-0.39, 0.29) is 5.91 Å². The Balaban J connectivity index is 1.68. The number of nitrogens with two attached hydrogens (primary N) is 1. The SMILES string of the molecule is CN1CC[C@@](O)(C#Cc2cccc(-c3nc4c(N)nccc4s3)c2)C1=O. The molecule has 0 radical (unpaired) electrons. The minimum Gasteiger partial charge on any atom is -0.382 e. The first-order valence-electron chi connectivity index (χ1n) is 8.09. The molecule has 0 unspecified atom stereocenters. The number of likely N-dealkylation sites (N-methyl/N-ethyl adjacent to an activating group) is 1. The van der Waals surface area contributed by atoms with Crippen LogP contribution >= 0.6 is 11.3 Å². The number of benzene rings is 1. The smallest absolute Gasteiger partial charge is 0.267 e. The quantitative estimate of drug-likeness (QED) is 0.643. The summed E-state index contributed by atoms with van der Waals surface area (Å²) in [5, 5.41) is 11.2. The number of anilines is 1. The molecule has 3 N–H and O–H groups in total. The molecule has 1 atom stereocenters. The zero-order valence-electron chi connectivity index (χ0n) is 14.1. The van der Waals surface area contributed by atoms with Gasteiger partial charge in [0.05, 0.1) is 4.70 Å². The summed E-state index contributed by atoms with van der Waals surface area (Å²) in [7, 11) is 1.66. The molecule has 1 amide bonds. The van der Waals surface area contributed by atoms with Gasteiger partial charge >= 0.3 is 0 Å². The lowest BCUT2D eigenvalue weighted by Crippen LogP contribution is -2.37. The van der Waals surface area contributed by atoms with Gasteiger partial charge in [0, 0.05) is 37.3 Å². The average molecular weight is 364 g/mol. The highest BCUT2D eigenvalue weighted by atomic mass is 32.1. The summed E-state index contributed by atoms with van der Waals surface area (Å²) < 4.78 is 0.970. The zero-order valence-corrected chi connectivity index (χ0v) is 14.9. The van der Waals surface area contributed by atoms with E-state index in [1.807, 2.05) is 30.3 Å². The van der Waals surface area contributed by atoms with E-state index < -0.39 is 5.60 Å². The monoisotopic (exact) mass is 364 g/mol. The minimum absolute atomic E-state index is 0.319. The van der Waals surface area contributed by atoms with E-state index in [1.54, 1.807) is 13.2 Å². The normalized spacial score (nSPS) is 19.6. The van der Waals surface area contributed by atoms with Gasteiger partial charge in [0.2, 0.25) is 5.60 Å². The van der Waals surface area contributed by atoms with Crippen molar-refractivity contribution >= 4 is 33.3 Å². The van der Waals surface area contributed by atoms with E-state index in [2.05, 4.69) is 21.8 Å². The van der Waals surface area contributed by atoms with Crippen LogP contribution in [-0.2, 0) is 4.79 Å². The van der Waals surface area contributed by atoms with Gasteiger partial charge in [-0.15, -0.1) is 11.3 Å². The van der Waals surface area contributed by atoms with Crippen molar-refractivity contribution in [1.82, 2.24) is 14.9 Å². The number of hydrogen-bond acceptors (Lipinski definition) is 6. The minimum atomic E-state index is -1.60. The highest BCUT2D eigenvalue weighted by Crippen LogP contribution is 2.32. The maximum absolute atomic E-state index is 12.0. The Bertz CT molecular complexity index is 1080. The third-order valence-electron chi connectivity index (χ3n) is 4.37. The van der Waals surface area contributed by atoms with E-state index >= 15 is 0 Å². The average Bonchev–Trinajstić information content (AvgIpc) is 3.19. The Labute approximate surface area is 154 Å². The number of likely N-dealkylation sites (tertiary alicyclic amines) is 1. The molecule has 3 aromatic rings. The van der Waals surface area contributed by atoms with Crippen LogP contribution in [0.4, 0.5) is 5.82 Å². The third-order valence-corrected chi connectivity index (χ3v) is 5.44. The van der Waals surface area contributed by atoms with Gasteiger partial charge in [-0.3, -0.25) is 4.79 Å². The number of nitrogen functional groups attached to an aromatic ring is 1. The maximum atomic E-state index is 12.0. The lowest BCUT2D eigenvalue weighted by atomic mass is 10.0.